The normalized spacial score (nSPS) is 14.9. The molecule has 3 aromatic rings. The van der Waals surface area contributed by atoms with Gasteiger partial charge in [0.15, 0.2) is 0 Å². The molecule has 0 unspecified atom stereocenters. The molecule has 35 heavy (non-hydrogen) atoms. The van der Waals surface area contributed by atoms with Crippen LogP contribution in [-0.2, 0) is 16.6 Å². The van der Waals surface area contributed by atoms with E-state index in [1.54, 1.807) is 56.0 Å². The fourth-order valence-electron chi connectivity index (χ4n) is 4.50. The summed E-state index contributed by atoms with van der Waals surface area (Å²) in [6, 6.07) is 21.7. The fraction of sp³-hybridized carbons (Fsp3) is 0.333. The number of sulfonamides is 1. The van der Waals surface area contributed by atoms with Crippen molar-refractivity contribution in [1.82, 2.24) is 4.90 Å². The van der Waals surface area contributed by atoms with Gasteiger partial charge >= 0.3 is 0 Å². The predicted octanol–water partition coefficient (Wildman–Crippen LogP) is 4.57. The number of benzene rings is 3. The Morgan fingerprint density at radius 1 is 0.800 bits per heavy atom. The van der Waals surface area contributed by atoms with Crippen LogP contribution in [0.2, 0.25) is 0 Å². The van der Waals surface area contributed by atoms with Crippen molar-refractivity contribution < 1.29 is 22.6 Å². The summed E-state index contributed by atoms with van der Waals surface area (Å²) in [5, 5.41) is 0. The van der Waals surface area contributed by atoms with Crippen molar-refractivity contribution >= 4 is 15.7 Å². The SMILES string of the molecule is COc1ccc(S(=O)(=O)N(c2cccc(OC)c2)C2CCN(Cc3cccc(OC)c3)CC2)cc1. The minimum absolute atomic E-state index is 0.171. The molecule has 0 aliphatic carbocycles. The summed E-state index contributed by atoms with van der Waals surface area (Å²) in [4.78, 5) is 2.59. The summed E-state index contributed by atoms with van der Waals surface area (Å²) >= 11 is 0. The lowest BCUT2D eigenvalue weighted by molar-refractivity contribution is 0.206. The smallest absolute Gasteiger partial charge is 0.264 e. The number of rotatable bonds is 9. The molecule has 1 fully saturated rings. The van der Waals surface area contributed by atoms with E-state index < -0.39 is 10.0 Å². The third-order valence-electron chi connectivity index (χ3n) is 6.35. The monoisotopic (exact) mass is 496 g/mol. The molecule has 8 heteroatoms. The van der Waals surface area contributed by atoms with E-state index in [-0.39, 0.29) is 10.9 Å². The zero-order valence-corrected chi connectivity index (χ0v) is 21.2. The molecule has 3 aromatic carbocycles. The summed E-state index contributed by atoms with van der Waals surface area (Å²) in [5.74, 6) is 2.07. The van der Waals surface area contributed by atoms with E-state index in [9.17, 15) is 8.42 Å². The van der Waals surface area contributed by atoms with Crippen LogP contribution in [0.4, 0.5) is 5.69 Å². The standard InChI is InChI=1S/C27H32N2O5S/c1-32-24-10-12-27(13-11-24)35(30,31)29(23-7-5-9-26(19-23)34-3)22-14-16-28(17-15-22)20-21-6-4-8-25(18-21)33-2/h4-13,18-19,22H,14-17,20H2,1-3H3. The van der Waals surface area contributed by atoms with Crippen LogP contribution in [0.15, 0.2) is 77.7 Å². The van der Waals surface area contributed by atoms with Crippen molar-refractivity contribution in [2.75, 3.05) is 38.7 Å². The number of nitrogens with zero attached hydrogens (tertiary/aromatic N) is 2. The Morgan fingerprint density at radius 3 is 2.03 bits per heavy atom. The molecule has 0 amide bonds. The molecule has 0 N–H and O–H groups in total. The molecule has 1 saturated heterocycles. The van der Waals surface area contributed by atoms with Gasteiger partial charge in [-0.2, -0.15) is 0 Å². The van der Waals surface area contributed by atoms with Gasteiger partial charge in [0.2, 0.25) is 0 Å². The van der Waals surface area contributed by atoms with Crippen LogP contribution in [0.5, 0.6) is 17.2 Å². The van der Waals surface area contributed by atoms with Crippen molar-refractivity contribution in [1.29, 1.82) is 0 Å². The maximum absolute atomic E-state index is 13.9. The van der Waals surface area contributed by atoms with E-state index in [1.165, 1.54) is 5.56 Å². The lowest BCUT2D eigenvalue weighted by atomic mass is 10.0. The number of likely N-dealkylation sites (tertiary alicyclic amines) is 1. The van der Waals surface area contributed by atoms with Crippen LogP contribution in [-0.4, -0.2) is 53.8 Å². The Balaban J connectivity index is 1.58. The maximum Gasteiger partial charge on any atom is 0.264 e. The second-order valence-corrected chi connectivity index (χ2v) is 10.4. The molecular formula is C27H32N2O5S. The van der Waals surface area contributed by atoms with Crippen LogP contribution < -0.4 is 18.5 Å². The van der Waals surface area contributed by atoms with E-state index in [2.05, 4.69) is 11.0 Å². The van der Waals surface area contributed by atoms with Crippen molar-refractivity contribution in [2.45, 2.75) is 30.3 Å². The average Bonchev–Trinajstić information content (AvgIpc) is 2.90. The van der Waals surface area contributed by atoms with E-state index in [4.69, 9.17) is 14.2 Å². The van der Waals surface area contributed by atoms with E-state index >= 15 is 0 Å². The minimum Gasteiger partial charge on any atom is -0.497 e. The van der Waals surface area contributed by atoms with Gasteiger partial charge in [-0.25, -0.2) is 8.42 Å². The average molecular weight is 497 g/mol. The number of hydrogen-bond acceptors (Lipinski definition) is 6. The largest absolute Gasteiger partial charge is 0.497 e. The molecule has 0 spiro atoms. The van der Waals surface area contributed by atoms with E-state index in [0.717, 1.165) is 38.2 Å². The third kappa shape index (κ3) is 5.71. The van der Waals surface area contributed by atoms with Crippen LogP contribution in [0.3, 0.4) is 0 Å². The van der Waals surface area contributed by atoms with Crippen molar-refractivity contribution in [3.8, 4) is 17.2 Å². The molecule has 0 saturated carbocycles. The summed E-state index contributed by atoms with van der Waals surface area (Å²) in [5.41, 5.74) is 1.78. The molecule has 0 bridgehead atoms. The van der Waals surface area contributed by atoms with Crippen LogP contribution >= 0.6 is 0 Å². The Kier molecular flexibility index (Phi) is 7.83. The molecule has 0 aromatic heterocycles. The highest BCUT2D eigenvalue weighted by atomic mass is 32.2. The van der Waals surface area contributed by atoms with Gasteiger partial charge in [0.25, 0.3) is 10.0 Å². The van der Waals surface area contributed by atoms with Gasteiger partial charge in [-0.1, -0.05) is 18.2 Å². The molecule has 1 aliphatic heterocycles. The quantitative estimate of drug-likeness (QED) is 0.432. The summed E-state index contributed by atoms with van der Waals surface area (Å²) in [6.07, 6.45) is 1.44. The van der Waals surface area contributed by atoms with Gasteiger partial charge in [-0.3, -0.25) is 9.21 Å². The maximum atomic E-state index is 13.9. The third-order valence-corrected chi connectivity index (χ3v) is 8.25. The molecule has 1 aliphatic rings. The van der Waals surface area contributed by atoms with Crippen LogP contribution in [0, 0.1) is 0 Å². The molecule has 0 atom stereocenters. The minimum atomic E-state index is -3.80. The van der Waals surface area contributed by atoms with Gasteiger partial charge in [0.1, 0.15) is 17.2 Å². The van der Waals surface area contributed by atoms with E-state index in [0.29, 0.717) is 17.2 Å². The second kappa shape index (κ2) is 11.0. The number of anilines is 1. The number of piperidine rings is 1. The first-order valence-corrected chi connectivity index (χ1v) is 13.1. The fourth-order valence-corrected chi connectivity index (χ4v) is 6.20. The molecular weight excluding hydrogens is 464 g/mol. The molecule has 186 valence electrons. The van der Waals surface area contributed by atoms with Crippen molar-refractivity contribution in [3.63, 3.8) is 0 Å². The van der Waals surface area contributed by atoms with Gasteiger partial charge in [-0.05, 0) is 66.9 Å². The lowest BCUT2D eigenvalue weighted by Gasteiger charge is -2.39. The summed E-state index contributed by atoms with van der Waals surface area (Å²) in [6.45, 7) is 2.38. The first-order valence-electron chi connectivity index (χ1n) is 11.6. The number of hydrogen-bond donors (Lipinski definition) is 0. The number of methoxy groups -OCH3 is 3. The first kappa shape index (κ1) is 24.9. The van der Waals surface area contributed by atoms with E-state index in [1.807, 2.05) is 36.4 Å². The summed E-state index contributed by atoms with van der Waals surface area (Å²) < 4.78 is 45.3. The van der Waals surface area contributed by atoms with Gasteiger partial charge in [-0.15, -0.1) is 0 Å². The molecule has 1 heterocycles. The topological polar surface area (TPSA) is 68.3 Å². The van der Waals surface area contributed by atoms with Crippen LogP contribution in [0.25, 0.3) is 0 Å². The first-order chi connectivity index (χ1) is 16.9. The highest BCUT2D eigenvalue weighted by molar-refractivity contribution is 7.92. The Bertz CT molecular complexity index is 1220. The Labute approximate surface area is 207 Å². The molecule has 4 rings (SSSR count). The Morgan fingerprint density at radius 2 is 1.40 bits per heavy atom. The highest BCUT2D eigenvalue weighted by Gasteiger charge is 2.34. The second-order valence-electron chi connectivity index (χ2n) is 8.54. The molecule has 7 nitrogen and oxygen atoms in total. The lowest BCUT2D eigenvalue weighted by Crippen LogP contribution is -2.47. The van der Waals surface area contributed by atoms with Gasteiger partial charge in [0, 0.05) is 31.7 Å². The van der Waals surface area contributed by atoms with Gasteiger partial charge < -0.3 is 14.2 Å². The van der Waals surface area contributed by atoms with Crippen molar-refractivity contribution in [2.24, 2.45) is 0 Å². The van der Waals surface area contributed by atoms with Gasteiger partial charge in [0.05, 0.1) is 31.9 Å². The zero-order valence-electron chi connectivity index (χ0n) is 20.4. The molecule has 0 radical (unpaired) electrons. The number of ether oxygens (including phenoxy) is 3. The highest BCUT2D eigenvalue weighted by Crippen LogP contribution is 2.33. The van der Waals surface area contributed by atoms with Crippen molar-refractivity contribution in [3.05, 3.63) is 78.4 Å². The van der Waals surface area contributed by atoms with Crippen LogP contribution in [0.1, 0.15) is 18.4 Å². The predicted molar refractivity (Wildman–Crippen MR) is 137 cm³/mol. The zero-order chi connectivity index (χ0) is 24.8. The summed E-state index contributed by atoms with van der Waals surface area (Å²) in [7, 11) is 1.01. The Hall–Kier alpha value is -3.23.